The van der Waals surface area contributed by atoms with Crippen LogP contribution in [0.2, 0.25) is 0 Å². The van der Waals surface area contributed by atoms with Crippen LogP contribution in [0.15, 0.2) is 0 Å². The van der Waals surface area contributed by atoms with E-state index in [1.54, 1.807) is 0 Å². The van der Waals surface area contributed by atoms with E-state index in [0.29, 0.717) is 0 Å². The first-order valence-electron chi connectivity index (χ1n) is 1.41. The van der Waals surface area contributed by atoms with Crippen molar-refractivity contribution in [2.45, 2.75) is 13.8 Å². The van der Waals surface area contributed by atoms with Crippen LogP contribution < -0.4 is 9.50 Å². The van der Waals surface area contributed by atoms with Gasteiger partial charge in [0.15, 0.2) is 0 Å². The minimum absolute atomic E-state index is 0. The molecule has 0 amide bonds. The molecule has 0 aromatic rings. The molecule has 44 valence electrons. The van der Waals surface area contributed by atoms with Gasteiger partial charge in [-0.25, -0.2) is 0 Å². The van der Waals surface area contributed by atoms with Gasteiger partial charge in [-0.3, -0.25) is 0 Å². The molecule has 0 fully saturated rings. The van der Waals surface area contributed by atoms with Crippen molar-refractivity contribution < 1.29 is 15.4 Å². The number of rotatable bonds is 0. The zero-order valence-electron chi connectivity index (χ0n) is 3.92. The average Bonchev–Trinajstić information content (AvgIpc) is 1.46. The molecular formula is C2H11ClFeN2. The predicted octanol–water partition coefficient (Wildman–Crippen LogP) is 0.264. The minimum atomic E-state index is 0. The van der Waals surface area contributed by atoms with Gasteiger partial charge >= 0.3 is 24.9 Å². The summed E-state index contributed by atoms with van der Waals surface area (Å²) in [6, 6.07) is 0. The second-order valence-electron chi connectivity index (χ2n) is 0.118. The molecule has 4 N–H and O–H groups in total. The zero-order chi connectivity index (χ0) is 4.71. The Kier molecular flexibility index (Phi) is 113. The summed E-state index contributed by atoms with van der Waals surface area (Å²) in [5, 5.41) is 0. The molecule has 0 heterocycles. The van der Waals surface area contributed by atoms with Crippen LogP contribution in [0, 0.1) is 0 Å². The molecule has 0 spiro atoms. The van der Waals surface area contributed by atoms with E-state index in [1.165, 1.54) is 0 Å². The fourth-order valence-electron chi connectivity index (χ4n) is 0. The molecule has 4 heteroatoms. The van der Waals surface area contributed by atoms with Crippen molar-refractivity contribution in [3.05, 3.63) is 0 Å². The molecule has 0 aliphatic carbocycles. The van der Waals surface area contributed by atoms with Crippen LogP contribution >= 0.6 is 12.4 Å². The van der Waals surface area contributed by atoms with E-state index in [4.69, 9.17) is 0 Å². The summed E-state index contributed by atoms with van der Waals surface area (Å²) in [5.41, 5.74) is 0. The van der Waals surface area contributed by atoms with Gasteiger partial charge in [0.25, 0.3) is 0 Å². The summed E-state index contributed by atoms with van der Waals surface area (Å²) in [7, 11) is 0. The molecule has 0 aliphatic heterocycles. The molecule has 0 aromatic carbocycles. The molecule has 0 aromatic heterocycles. The van der Waals surface area contributed by atoms with Crippen LogP contribution in [0.1, 0.15) is 13.8 Å². The average molecular weight is 154 g/mol. The van der Waals surface area contributed by atoms with Crippen molar-refractivity contribution in [2.24, 2.45) is 9.50 Å². The van der Waals surface area contributed by atoms with Gasteiger partial charge in [0, 0.05) is 0 Å². The molecule has 0 aliphatic rings. The molecule has 0 atom stereocenters. The Bertz CT molecular complexity index is 11.5. The Balaban J connectivity index is -0.0000000275. The number of halogens is 1. The number of hydrogen-bond donors (Lipinski definition) is 2. The van der Waals surface area contributed by atoms with E-state index in [0.717, 1.165) is 0 Å². The third kappa shape index (κ3) is 124. The van der Waals surface area contributed by atoms with Gasteiger partial charge in [0.05, 0.1) is 0 Å². The molecule has 6 heavy (non-hydrogen) atoms. The summed E-state index contributed by atoms with van der Waals surface area (Å²) < 4.78 is 9.25. The molecule has 0 bridgehead atoms. The quantitative estimate of drug-likeness (QED) is 0.492. The molecule has 0 unspecified atom stereocenters. The van der Waals surface area contributed by atoms with Gasteiger partial charge in [0.1, 0.15) is 0 Å². The number of hydrogen-bond acceptors (Lipinski definition) is 2. The van der Waals surface area contributed by atoms with Crippen molar-refractivity contribution in [1.82, 2.24) is 0 Å². The molecule has 0 rings (SSSR count). The zero-order valence-corrected chi connectivity index (χ0v) is 5.84. The SMILES string of the molecule is CC.Cl.[NH2][Fe][NH2]. The van der Waals surface area contributed by atoms with Crippen LogP contribution in [0.3, 0.4) is 0 Å². The molecule has 0 saturated carbocycles. The molecule has 2 nitrogen and oxygen atoms in total. The Morgan fingerprint density at radius 3 is 1.17 bits per heavy atom. The molecular weight excluding hydrogens is 143 g/mol. The first kappa shape index (κ1) is 15.9. The van der Waals surface area contributed by atoms with Crippen LogP contribution in [0.4, 0.5) is 0 Å². The van der Waals surface area contributed by atoms with E-state index in [2.05, 4.69) is 9.50 Å². The van der Waals surface area contributed by atoms with Crippen LogP contribution in [-0.4, -0.2) is 0 Å². The first-order valence-corrected chi connectivity index (χ1v) is 2.68. The van der Waals surface area contributed by atoms with Crippen LogP contribution in [-0.2, 0) is 15.4 Å². The van der Waals surface area contributed by atoms with E-state index in [1.807, 2.05) is 13.8 Å². The fourth-order valence-corrected chi connectivity index (χ4v) is 0. The van der Waals surface area contributed by atoms with Gasteiger partial charge in [-0.2, -0.15) is 0 Å². The summed E-state index contributed by atoms with van der Waals surface area (Å²) in [5.74, 6) is 0. The third-order valence-electron chi connectivity index (χ3n) is 0. The van der Waals surface area contributed by atoms with E-state index in [9.17, 15) is 0 Å². The van der Waals surface area contributed by atoms with Crippen molar-refractivity contribution in [2.75, 3.05) is 0 Å². The van der Waals surface area contributed by atoms with E-state index < -0.39 is 0 Å². The number of nitrogens with two attached hydrogens (primary N) is 2. The predicted molar refractivity (Wildman–Crippen MR) is 27.0 cm³/mol. The molecule has 0 saturated heterocycles. The first-order chi connectivity index (χ1) is 2.41. The Morgan fingerprint density at radius 2 is 1.17 bits per heavy atom. The summed E-state index contributed by atoms with van der Waals surface area (Å²) in [4.78, 5) is 0. The van der Waals surface area contributed by atoms with E-state index in [-0.39, 0.29) is 27.8 Å². The fraction of sp³-hybridized carbons (Fsp3) is 1.00. The molecule has 0 radical (unpaired) electrons. The Morgan fingerprint density at radius 1 is 1.17 bits per heavy atom. The van der Waals surface area contributed by atoms with Gasteiger partial charge < -0.3 is 0 Å². The normalized spacial score (nSPS) is 4.67. The Labute approximate surface area is 51.6 Å². The topological polar surface area (TPSA) is 52.0 Å². The van der Waals surface area contributed by atoms with Crippen molar-refractivity contribution in [3.63, 3.8) is 0 Å². The van der Waals surface area contributed by atoms with Crippen LogP contribution in [0.5, 0.6) is 0 Å². The van der Waals surface area contributed by atoms with Gasteiger partial charge in [-0.1, -0.05) is 13.8 Å². The second-order valence-corrected chi connectivity index (χ2v) is 0.486. The Hall–Kier alpha value is 0.729. The monoisotopic (exact) mass is 154 g/mol. The second kappa shape index (κ2) is 42.8. The van der Waals surface area contributed by atoms with Crippen molar-refractivity contribution in [1.29, 1.82) is 0 Å². The third-order valence-corrected chi connectivity index (χ3v) is 0. The maximum atomic E-state index is 4.62. The van der Waals surface area contributed by atoms with Gasteiger partial charge in [-0.05, 0) is 0 Å². The summed E-state index contributed by atoms with van der Waals surface area (Å²) >= 11 is 0.250. The maximum absolute atomic E-state index is 4.62. The summed E-state index contributed by atoms with van der Waals surface area (Å²) in [6.07, 6.45) is 0. The van der Waals surface area contributed by atoms with Gasteiger partial charge in [0.2, 0.25) is 0 Å². The van der Waals surface area contributed by atoms with Crippen molar-refractivity contribution in [3.8, 4) is 0 Å². The standard InChI is InChI=1S/C2H6.ClH.Fe.2H2N/c1-2;;;;/h1-2H3;1H;;2*1H2/q;;+2;2*-1. The van der Waals surface area contributed by atoms with Crippen LogP contribution in [0.25, 0.3) is 0 Å². The summed E-state index contributed by atoms with van der Waals surface area (Å²) in [6.45, 7) is 4.00. The van der Waals surface area contributed by atoms with E-state index >= 15 is 0 Å². The van der Waals surface area contributed by atoms with Crippen molar-refractivity contribution >= 4 is 12.4 Å². The van der Waals surface area contributed by atoms with Gasteiger partial charge in [-0.15, -0.1) is 12.4 Å².